The van der Waals surface area contributed by atoms with Gasteiger partial charge >= 0.3 is 5.69 Å². The van der Waals surface area contributed by atoms with Crippen LogP contribution in [0.15, 0.2) is 4.79 Å². The van der Waals surface area contributed by atoms with E-state index in [-0.39, 0.29) is 5.95 Å². The molecule has 0 bridgehead atoms. The minimum Gasteiger partial charge on any atom is -0.368 e. The Kier molecular flexibility index (Phi) is 2.42. The topological polar surface area (TPSA) is 110 Å². The van der Waals surface area contributed by atoms with Crippen LogP contribution in [0.4, 0.5) is 5.95 Å². The van der Waals surface area contributed by atoms with Crippen LogP contribution in [-0.2, 0) is 6.42 Å². The van der Waals surface area contributed by atoms with Gasteiger partial charge in [0.05, 0.1) is 5.69 Å². The van der Waals surface area contributed by atoms with Crippen molar-refractivity contribution in [3.8, 4) is 10.7 Å². The van der Waals surface area contributed by atoms with Crippen molar-refractivity contribution in [2.24, 2.45) is 0 Å². The van der Waals surface area contributed by atoms with Crippen LogP contribution < -0.4 is 11.4 Å². The molecule has 0 aliphatic carbocycles. The summed E-state index contributed by atoms with van der Waals surface area (Å²) in [4.78, 5) is 21.7. The van der Waals surface area contributed by atoms with E-state index in [0.717, 1.165) is 17.0 Å². The van der Waals surface area contributed by atoms with Crippen LogP contribution in [-0.4, -0.2) is 24.5 Å². The van der Waals surface area contributed by atoms with Gasteiger partial charge in [-0.2, -0.15) is 9.97 Å². The summed E-state index contributed by atoms with van der Waals surface area (Å²) in [6, 6.07) is 0. The molecular formula is C7H8N6OS. The first-order valence-corrected chi connectivity index (χ1v) is 5.03. The molecule has 0 aliphatic heterocycles. The monoisotopic (exact) mass is 224 g/mol. The van der Waals surface area contributed by atoms with Gasteiger partial charge < -0.3 is 5.73 Å². The molecule has 3 N–H and O–H groups in total. The van der Waals surface area contributed by atoms with Gasteiger partial charge in [-0.25, -0.2) is 4.79 Å². The van der Waals surface area contributed by atoms with Crippen LogP contribution in [0.1, 0.15) is 12.6 Å². The Morgan fingerprint density at radius 3 is 2.93 bits per heavy atom. The molecule has 0 aromatic carbocycles. The Hall–Kier alpha value is -1.83. The third kappa shape index (κ3) is 1.84. The van der Waals surface area contributed by atoms with Gasteiger partial charge in [-0.1, -0.05) is 11.4 Å². The molecule has 0 amide bonds. The molecule has 15 heavy (non-hydrogen) atoms. The van der Waals surface area contributed by atoms with Crippen LogP contribution in [0.3, 0.4) is 0 Å². The molecule has 0 fully saturated rings. The molecule has 8 heteroatoms. The third-order valence-electron chi connectivity index (χ3n) is 1.77. The molecule has 0 aliphatic rings. The van der Waals surface area contributed by atoms with Gasteiger partial charge in [0.1, 0.15) is 4.88 Å². The quantitative estimate of drug-likeness (QED) is 0.732. The molecule has 0 unspecified atom stereocenters. The molecule has 0 saturated carbocycles. The van der Waals surface area contributed by atoms with E-state index in [1.54, 1.807) is 0 Å². The van der Waals surface area contributed by atoms with Gasteiger partial charge in [0, 0.05) is 0 Å². The fourth-order valence-corrected chi connectivity index (χ4v) is 1.82. The zero-order valence-electron chi connectivity index (χ0n) is 7.89. The lowest BCUT2D eigenvalue weighted by atomic mass is 10.3. The molecule has 2 aromatic rings. The van der Waals surface area contributed by atoms with Crippen molar-refractivity contribution in [2.45, 2.75) is 13.3 Å². The Morgan fingerprint density at radius 2 is 2.27 bits per heavy atom. The molecule has 2 aromatic heterocycles. The van der Waals surface area contributed by atoms with Crippen molar-refractivity contribution in [1.82, 2.24) is 24.5 Å². The lowest BCUT2D eigenvalue weighted by molar-refractivity contribution is 0.973. The molecule has 0 spiro atoms. The second-order valence-corrected chi connectivity index (χ2v) is 3.52. The maximum absolute atomic E-state index is 11.1. The summed E-state index contributed by atoms with van der Waals surface area (Å²) >= 11 is 1.17. The van der Waals surface area contributed by atoms with Crippen LogP contribution in [0.2, 0.25) is 0 Å². The fourth-order valence-electron chi connectivity index (χ4n) is 1.13. The minimum atomic E-state index is -0.520. The highest BCUT2D eigenvalue weighted by Crippen LogP contribution is 2.21. The van der Waals surface area contributed by atoms with E-state index in [2.05, 4.69) is 24.5 Å². The van der Waals surface area contributed by atoms with Crippen LogP contribution in [0.5, 0.6) is 0 Å². The largest absolute Gasteiger partial charge is 0.368 e. The first kappa shape index (κ1) is 9.71. The normalized spacial score (nSPS) is 10.5. The summed E-state index contributed by atoms with van der Waals surface area (Å²) < 4.78 is 3.80. The van der Waals surface area contributed by atoms with Crippen molar-refractivity contribution in [3.05, 3.63) is 16.2 Å². The first-order valence-electron chi connectivity index (χ1n) is 4.26. The standard InChI is InChI=1S/C7H8N6OS/c1-2-3-4(15-13-12-3)5-9-6(8)11-7(14)10-5/h2H2,1H3,(H3,8,9,10,11,14). The summed E-state index contributed by atoms with van der Waals surface area (Å²) in [6.45, 7) is 1.95. The zero-order valence-corrected chi connectivity index (χ0v) is 8.71. The van der Waals surface area contributed by atoms with Gasteiger partial charge in [-0.3, -0.25) is 4.98 Å². The van der Waals surface area contributed by atoms with Gasteiger partial charge in [-0.05, 0) is 18.0 Å². The number of H-pyrrole nitrogens is 1. The lowest BCUT2D eigenvalue weighted by Crippen LogP contribution is -2.15. The second kappa shape index (κ2) is 3.73. The van der Waals surface area contributed by atoms with E-state index >= 15 is 0 Å². The van der Waals surface area contributed by atoms with Gasteiger partial charge in [-0.15, -0.1) is 5.10 Å². The number of nitrogen functional groups attached to an aromatic ring is 1. The average molecular weight is 224 g/mol. The van der Waals surface area contributed by atoms with E-state index in [4.69, 9.17) is 5.73 Å². The predicted molar refractivity (Wildman–Crippen MR) is 55.3 cm³/mol. The summed E-state index contributed by atoms with van der Waals surface area (Å²) in [5, 5.41) is 3.92. The molecule has 0 saturated heterocycles. The van der Waals surface area contributed by atoms with E-state index in [0.29, 0.717) is 5.82 Å². The highest BCUT2D eigenvalue weighted by Gasteiger charge is 2.11. The summed E-state index contributed by atoms with van der Waals surface area (Å²) in [5.74, 6) is 0.323. The molecular weight excluding hydrogens is 216 g/mol. The number of aromatic nitrogens is 5. The second-order valence-electron chi connectivity index (χ2n) is 2.76. The summed E-state index contributed by atoms with van der Waals surface area (Å²) in [5.41, 5.74) is 5.64. The number of nitrogens with two attached hydrogens (primary N) is 1. The van der Waals surface area contributed by atoms with Crippen LogP contribution in [0, 0.1) is 0 Å². The maximum atomic E-state index is 11.1. The molecule has 0 atom stereocenters. The highest BCUT2D eigenvalue weighted by molar-refractivity contribution is 7.09. The van der Waals surface area contributed by atoms with Crippen LogP contribution in [0.25, 0.3) is 10.7 Å². The minimum absolute atomic E-state index is 0.0517. The van der Waals surface area contributed by atoms with Crippen molar-refractivity contribution in [3.63, 3.8) is 0 Å². The number of hydrogen-bond donors (Lipinski definition) is 2. The highest BCUT2D eigenvalue weighted by atomic mass is 32.1. The molecule has 78 valence electrons. The van der Waals surface area contributed by atoms with Crippen molar-refractivity contribution in [2.75, 3.05) is 5.73 Å². The van der Waals surface area contributed by atoms with E-state index < -0.39 is 5.69 Å². The van der Waals surface area contributed by atoms with E-state index in [9.17, 15) is 4.79 Å². The third-order valence-corrected chi connectivity index (χ3v) is 2.55. The Balaban J connectivity index is 2.58. The summed E-state index contributed by atoms with van der Waals surface area (Å²) in [7, 11) is 0. The zero-order chi connectivity index (χ0) is 10.8. The number of nitrogens with zero attached hydrogens (tertiary/aromatic N) is 4. The molecule has 2 rings (SSSR count). The Morgan fingerprint density at radius 1 is 1.47 bits per heavy atom. The Bertz CT molecular complexity index is 532. The SMILES string of the molecule is CCc1nnsc1-c1nc(N)nc(=O)[nH]1. The predicted octanol–water partition coefficient (Wildman–Crippen LogP) is -0.172. The van der Waals surface area contributed by atoms with E-state index in [1.807, 2.05) is 6.92 Å². The van der Waals surface area contributed by atoms with Crippen molar-refractivity contribution >= 4 is 17.5 Å². The number of rotatable bonds is 2. The molecule has 0 radical (unpaired) electrons. The summed E-state index contributed by atoms with van der Waals surface area (Å²) in [6.07, 6.45) is 0.720. The molecule has 7 nitrogen and oxygen atoms in total. The smallest absolute Gasteiger partial charge is 0.349 e. The first-order chi connectivity index (χ1) is 7.20. The van der Waals surface area contributed by atoms with Crippen molar-refractivity contribution < 1.29 is 0 Å². The fraction of sp³-hybridized carbons (Fsp3) is 0.286. The van der Waals surface area contributed by atoms with E-state index in [1.165, 1.54) is 11.5 Å². The van der Waals surface area contributed by atoms with Gasteiger partial charge in [0.25, 0.3) is 0 Å². The average Bonchev–Trinajstić information content (AvgIpc) is 2.63. The number of anilines is 1. The van der Waals surface area contributed by atoms with Gasteiger partial charge in [0.2, 0.25) is 5.95 Å². The Labute approximate surface area is 88.6 Å². The number of aryl methyl sites for hydroxylation is 1. The number of aromatic amines is 1. The number of nitrogens with one attached hydrogen (secondary N) is 1. The number of hydrogen-bond acceptors (Lipinski definition) is 7. The lowest BCUT2D eigenvalue weighted by Gasteiger charge is -1.97. The molecule has 2 heterocycles. The van der Waals surface area contributed by atoms with Crippen LogP contribution >= 0.6 is 11.5 Å². The maximum Gasteiger partial charge on any atom is 0.349 e. The van der Waals surface area contributed by atoms with Gasteiger partial charge in [0.15, 0.2) is 5.82 Å². The van der Waals surface area contributed by atoms with Crippen molar-refractivity contribution in [1.29, 1.82) is 0 Å².